The van der Waals surface area contributed by atoms with Gasteiger partial charge in [-0.15, -0.1) is 0 Å². The number of hydrogen-bond donors (Lipinski definition) is 0. The fourth-order valence-electron chi connectivity index (χ4n) is 2.59. The minimum atomic E-state index is -1.48. The molecule has 2 aromatic carbocycles. The number of benzene rings is 2. The number of ether oxygens (including phenoxy) is 1. The Labute approximate surface area is 120 Å². The Morgan fingerprint density at radius 1 is 0.950 bits per heavy atom. The minimum absolute atomic E-state index is 0.735. The minimum Gasteiger partial charge on any atom is -0.476 e. The highest BCUT2D eigenvalue weighted by Crippen LogP contribution is 2.52. The van der Waals surface area contributed by atoms with Gasteiger partial charge in [0.05, 0.1) is 31.1 Å². The first-order valence-electron chi connectivity index (χ1n) is 6.92. The molecule has 0 radical (unpaired) electrons. The molecule has 0 aliphatic carbocycles. The van der Waals surface area contributed by atoms with E-state index in [0.29, 0.717) is 0 Å². The molecule has 1 aliphatic rings. The summed E-state index contributed by atoms with van der Waals surface area (Å²) in [5.41, 5.74) is 0. The molecule has 0 saturated heterocycles. The van der Waals surface area contributed by atoms with Crippen molar-refractivity contribution in [2.45, 2.75) is 0 Å². The van der Waals surface area contributed by atoms with Crippen molar-refractivity contribution in [3.05, 3.63) is 60.7 Å². The topological polar surface area (TPSA) is 21.6 Å². The van der Waals surface area contributed by atoms with Crippen LogP contribution >= 0.6 is 7.26 Å². The monoisotopic (exact) mass is 284 g/mol. The number of aliphatic imine (C=N–C) groups is 1. The van der Waals surface area contributed by atoms with Crippen LogP contribution in [0.2, 0.25) is 0 Å². The van der Waals surface area contributed by atoms with Gasteiger partial charge in [-0.1, -0.05) is 36.4 Å². The van der Waals surface area contributed by atoms with Crippen molar-refractivity contribution in [3.63, 3.8) is 0 Å². The van der Waals surface area contributed by atoms with Crippen molar-refractivity contribution in [1.29, 1.82) is 0 Å². The maximum atomic E-state index is 5.67. The third-order valence-electron chi connectivity index (χ3n) is 3.75. The van der Waals surface area contributed by atoms with Crippen LogP contribution in [0.25, 0.3) is 0 Å². The van der Waals surface area contributed by atoms with E-state index in [0.717, 1.165) is 25.2 Å². The molecule has 0 unspecified atom stereocenters. The first-order chi connectivity index (χ1) is 9.79. The lowest BCUT2D eigenvalue weighted by Crippen LogP contribution is -2.27. The summed E-state index contributed by atoms with van der Waals surface area (Å²) >= 11 is 0. The Morgan fingerprint density at radius 2 is 1.50 bits per heavy atom. The average Bonchev–Trinajstić information content (AvgIpc) is 3.02. The largest absolute Gasteiger partial charge is 0.476 e. The summed E-state index contributed by atoms with van der Waals surface area (Å²) in [4.78, 5) is 4.49. The van der Waals surface area contributed by atoms with E-state index in [-0.39, 0.29) is 0 Å². The normalized spacial score (nSPS) is 14.8. The molecule has 0 bridgehead atoms. The summed E-state index contributed by atoms with van der Waals surface area (Å²) in [6.07, 6.45) is 0.918. The fraction of sp³-hybridized carbons (Fsp3) is 0.235. The Bertz CT molecular complexity index is 555. The molecule has 0 amide bonds. The zero-order chi connectivity index (χ0) is 13.8. The zero-order valence-corrected chi connectivity index (χ0v) is 12.6. The smallest absolute Gasteiger partial charge is 0.223 e. The van der Waals surface area contributed by atoms with Gasteiger partial charge < -0.3 is 4.74 Å². The molecule has 1 aliphatic heterocycles. The van der Waals surface area contributed by atoms with E-state index in [4.69, 9.17) is 4.74 Å². The molecule has 102 valence electrons. The van der Waals surface area contributed by atoms with Crippen LogP contribution in [0, 0.1) is 0 Å². The molecular formula is C17H19NOP+. The molecule has 0 atom stereocenters. The maximum Gasteiger partial charge on any atom is 0.223 e. The lowest BCUT2D eigenvalue weighted by molar-refractivity contribution is 0.345. The van der Waals surface area contributed by atoms with Gasteiger partial charge in [-0.05, 0) is 24.3 Å². The third-order valence-corrected chi connectivity index (χ3v) is 7.53. The van der Waals surface area contributed by atoms with Gasteiger partial charge in [-0.25, -0.2) is 4.99 Å². The molecule has 0 aromatic heterocycles. The number of nitrogens with zero attached hydrogens (tertiary/aromatic N) is 1. The zero-order valence-electron chi connectivity index (χ0n) is 11.7. The van der Waals surface area contributed by atoms with Crippen molar-refractivity contribution in [2.75, 3.05) is 26.0 Å². The van der Waals surface area contributed by atoms with E-state index in [1.54, 1.807) is 0 Å². The van der Waals surface area contributed by atoms with Crippen LogP contribution in [0.15, 0.2) is 65.7 Å². The third kappa shape index (κ3) is 2.62. The molecule has 2 nitrogen and oxygen atoms in total. The van der Waals surface area contributed by atoms with Crippen LogP contribution in [-0.4, -0.2) is 31.9 Å². The second kappa shape index (κ2) is 5.76. The molecule has 3 rings (SSSR count). The Hall–Kier alpha value is -1.66. The van der Waals surface area contributed by atoms with E-state index in [2.05, 4.69) is 72.3 Å². The lowest BCUT2D eigenvalue weighted by atomic mass is 10.4. The Balaban J connectivity index is 2.03. The summed E-state index contributed by atoms with van der Waals surface area (Å²) < 4.78 is 5.67. The van der Waals surface area contributed by atoms with E-state index >= 15 is 0 Å². The lowest BCUT2D eigenvalue weighted by Gasteiger charge is -2.22. The summed E-state index contributed by atoms with van der Waals surface area (Å²) in [7, 11) is -1.48. The van der Waals surface area contributed by atoms with Gasteiger partial charge in [-0.2, -0.15) is 0 Å². The fourth-order valence-corrected chi connectivity index (χ4v) is 5.65. The van der Waals surface area contributed by atoms with Crippen LogP contribution < -0.4 is 10.6 Å². The summed E-state index contributed by atoms with van der Waals surface area (Å²) in [6.45, 7) is 3.92. The Morgan fingerprint density at radius 3 is 1.95 bits per heavy atom. The highest BCUT2D eigenvalue weighted by Gasteiger charge is 2.40. The molecule has 2 aromatic rings. The standard InChI is InChI=1S/C17H19NOP/c1-20(14-17-18-12-13-19-17,15-8-4-2-5-9-15)16-10-6-3-7-11-16/h2-11H,12-14H2,1H3/q+1. The van der Waals surface area contributed by atoms with Gasteiger partial charge in [0.15, 0.2) is 0 Å². The van der Waals surface area contributed by atoms with Crippen LogP contribution in [0.5, 0.6) is 0 Å². The molecule has 0 spiro atoms. The molecule has 20 heavy (non-hydrogen) atoms. The van der Waals surface area contributed by atoms with Gasteiger partial charge in [0, 0.05) is 0 Å². The average molecular weight is 284 g/mol. The summed E-state index contributed by atoms with van der Waals surface area (Å²) in [5, 5.41) is 2.81. The van der Waals surface area contributed by atoms with Gasteiger partial charge in [0.2, 0.25) is 5.90 Å². The molecule has 1 heterocycles. The van der Waals surface area contributed by atoms with E-state index in [1.807, 2.05) is 0 Å². The van der Waals surface area contributed by atoms with Crippen molar-refractivity contribution in [2.24, 2.45) is 4.99 Å². The highest BCUT2D eigenvalue weighted by molar-refractivity contribution is 7.89. The molecule has 0 N–H and O–H groups in total. The first kappa shape index (κ1) is 13.3. The van der Waals surface area contributed by atoms with Gasteiger partial charge in [0.1, 0.15) is 12.8 Å². The second-order valence-electron chi connectivity index (χ2n) is 5.14. The van der Waals surface area contributed by atoms with E-state index in [1.165, 1.54) is 10.6 Å². The van der Waals surface area contributed by atoms with Crippen LogP contribution in [0.3, 0.4) is 0 Å². The SMILES string of the molecule is C[P+](CC1=NCCO1)(c1ccccc1)c1ccccc1. The maximum absolute atomic E-state index is 5.67. The van der Waals surface area contributed by atoms with E-state index < -0.39 is 7.26 Å². The van der Waals surface area contributed by atoms with Gasteiger partial charge in [0.25, 0.3) is 0 Å². The van der Waals surface area contributed by atoms with Crippen molar-refractivity contribution >= 4 is 23.8 Å². The predicted octanol–water partition coefficient (Wildman–Crippen LogP) is 2.71. The summed E-state index contributed by atoms with van der Waals surface area (Å²) in [5.74, 6) is 0.925. The summed E-state index contributed by atoms with van der Waals surface area (Å²) in [6, 6.07) is 21.5. The number of rotatable bonds is 4. The van der Waals surface area contributed by atoms with Gasteiger partial charge in [-0.3, -0.25) is 0 Å². The molecule has 3 heteroatoms. The highest BCUT2D eigenvalue weighted by atomic mass is 31.2. The van der Waals surface area contributed by atoms with Crippen molar-refractivity contribution < 1.29 is 4.74 Å². The van der Waals surface area contributed by atoms with E-state index in [9.17, 15) is 0 Å². The number of hydrogen-bond acceptors (Lipinski definition) is 2. The van der Waals surface area contributed by atoms with Crippen molar-refractivity contribution in [3.8, 4) is 0 Å². The van der Waals surface area contributed by atoms with Crippen LogP contribution in [-0.2, 0) is 4.74 Å². The first-order valence-corrected chi connectivity index (χ1v) is 9.34. The predicted molar refractivity (Wildman–Crippen MR) is 88.1 cm³/mol. The van der Waals surface area contributed by atoms with Crippen LogP contribution in [0.4, 0.5) is 0 Å². The second-order valence-corrected chi connectivity index (χ2v) is 8.88. The Kier molecular flexibility index (Phi) is 3.84. The quantitative estimate of drug-likeness (QED) is 0.791. The molecular weight excluding hydrogens is 265 g/mol. The van der Waals surface area contributed by atoms with Crippen molar-refractivity contribution in [1.82, 2.24) is 0 Å². The van der Waals surface area contributed by atoms with Gasteiger partial charge >= 0.3 is 0 Å². The molecule has 0 fully saturated rings. The van der Waals surface area contributed by atoms with Crippen LogP contribution in [0.1, 0.15) is 0 Å². The molecule has 0 saturated carbocycles.